The Morgan fingerprint density at radius 2 is 2.13 bits per heavy atom. The Kier molecular flexibility index (Phi) is 2.90. The zero-order valence-corrected chi connectivity index (χ0v) is 8.48. The van der Waals surface area contributed by atoms with Crippen LogP contribution in [-0.2, 0) is 11.2 Å². The van der Waals surface area contributed by atoms with Crippen LogP contribution in [0.25, 0.3) is 0 Å². The van der Waals surface area contributed by atoms with Gasteiger partial charge in [0.2, 0.25) is 0 Å². The number of hydrogen-bond donors (Lipinski definition) is 1. The number of benzene rings is 1. The van der Waals surface area contributed by atoms with Crippen LogP contribution in [-0.4, -0.2) is 17.7 Å². The maximum absolute atomic E-state index is 10.6. The van der Waals surface area contributed by atoms with E-state index < -0.39 is 5.97 Å². The predicted molar refractivity (Wildman–Crippen MR) is 56.0 cm³/mol. The first-order valence-electron chi connectivity index (χ1n) is 5.18. The lowest BCUT2D eigenvalue weighted by molar-refractivity contribution is -0.136. The van der Waals surface area contributed by atoms with Gasteiger partial charge in [0.15, 0.2) is 0 Å². The minimum Gasteiger partial charge on any atom is -0.493 e. The van der Waals surface area contributed by atoms with Gasteiger partial charge in [-0.25, -0.2) is 0 Å². The number of ether oxygens (including phenoxy) is 1. The normalized spacial score (nSPS) is 14.9. The first-order chi connectivity index (χ1) is 7.25. The fourth-order valence-corrected chi connectivity index (χ4v) is 1.45. The topological polar surface area (TPSA) is 46.5 Å². The molecule has 3 heteroatoms. The lowest BCUT2D eigenvalue weighted by atomic mass is 10.1. The van der Waals surface area contributed by atoms with Crippen LogP contribution in [0, 0.1) is 5.92 Å². The Morgan fingerprint density at radius 3 is 2.80 bits per heavy atom. The fraction of sp³-hybridized carbons (Fsp3) is 0.417. The van der Waals surface area contributed by atoms with Gasteiger partial charge in [0, 0.05) is 5.56 Å². The van der Waals surface area contributed by atoms with E-state index in [-0.39, 0.29) is 6.42 Å². The van der Waals surface area contributed by atoms with Crippen molar-refractivity contribution < 1.29 is 14.6 Å². The van der Waals surface area contributed by atoms with Crippen LogP contribution >= 0.6 is 0 Å². The molecule has 1 aliphatic carbocycles. The molecule has 0 saturated heterocycles. The molecule has 1 aliphatic rings. The number of rotatable bonds is 5. The first-order valence-corrected chi connectivity index (χ1v) is 5.18. The summed E-state index contributed by atoms with van der Waals surface area (Å²) >= 11 is 0. The highest BCUT2D eigenvalue weighted by molar-refractivity contribution is 5.71. The zero-order valence-electron chi connectivity index (χ0n) is 8.48. The Labute approximate surface area is 88.7 Å². The summed E-state index contributed by atoms with van der Waals surface area (Å²) in [7, 11) is 0. The van der Waals surface area contributed by atoms with Gasteiger partial charge in [-0.05, 0) is 24.8 Å². The van der Waals surface area contributed by atoms with Crippen molar-refractivity contribution in [2.45, 2.75) is 19.3 Å². The standard InChI is InChI=1S/C12H14O3/c13-12(14)7-10-3-1-2-4-11(10)15-8-9-5-6-9/h1-4,9H,5-8H2,(H,13,14). The number of carbonyl (C=O) groups is 1. The van der Waals surface area contributed by atoms with Gasteiger partial charge in [-0.2, -0.15) is 0 Å². The highest BCUT2D eigenvalue weighted by Gasteiger charge is 2.22. The molecule has 0 unspecified atom stereocenters. The van der Waals surface area contributed by atoms with Crippen LogP contribution in [0.2, 0.25) is 0 Å². The molecule has 1 aromatic rings. The van der Waals surface area contributed by atoms with Gasteiger partial charge in [-0.15, -0.1) is 0 Å². The second kappa shape index (κ2) is 4.34. The van der Waals surface area contributed by atoms with Gasteiger partial charge in [0.1, 0.15) is 5.75 Å². The van der Waals surface area contributed by atoms with Crippen molar-refractivity contribution in [3.8, 4) is 5.75 Å². The van der Waals surface area contributed by atoms with E-state index in [1.165, 1.54) is 12.8 Å². The van der Waals surface area contributed by atoms with Crippen molar-refractivity contribution in [3.63, 3.8) is 0 Å². The van der Waals surface area contributed by atoms with E-state index in [4.69, 9.17) is 9.84 Å². The number of carboxylic acid groups (broad SMARTS) is 1. The van der Waals surface area contributed by atoms with E-state index in [0.29, 0.717) is 11.7 Å². The molecule has 1 N–H and O–H groups in total. The van der Waals surface area contributed by atoms with Crippen molar-refractivity contribution in [2.24, 2.45) is 5.92 Å². The molecule has 1 fully saturated rings. The molecule has 0 amide bonds. The SMILES string of the molecule is O=C(O)Cc1ccccc1OCC1CC1. The molecule has 0 atom stereocenters. The Balaban J connectivity index is 2.02. The average molecular weight is 206 g/mol. The molecular formula is C12H14O3. The summed E-state index contributed by atoms with van der Waals surface area (Å²) in [6.45, 7) is 0.719. The minimum absolute atomic E-state index is 0.0286. The monoisotopic (exact) mass is 206 g/mol. The molecule has 0 spiro atoms. The highest BCUT2D eigenvalue weighted by atomic mass is 16.5. The summed E-state index contributed by atoms with van der Waals surface area (Å²) < 4.78 is 5.60. The van der Waals surface area contributed by atoms with E-state index in [1.54, 1.807) is 6.07 Å². The third kappa shape index (κ3) is 2.98. The molecular weight excluding hydrogens is 192 g/mol. The van der Waals surface area contributed by atoms with Crippen LogP contribution in [0.15, 0.2) is 24.3 Å². The maximum Gasteiger partial charge on any atom is 0.307 e. The summed E-state index contributed by atoms with van der Waals surface area (Å²) in [6, 6.07) is 7.34. The number of para-hydroxylation sites is 1. The minimum atomic E-state index is -0.822. The van der Waals surface area contributed by atoms with E-state index in [2.05, 4.69) is 0 Å². The van der Waals surface area contributed by atoms with Crippen molar-refractivity contribution in [1.82, 2.24) is 0 Å². The molecule has 15 heavy (non-hydrogen) atoms. The summed E-state index contributed by atoms with van der Waals surface area (Å²) in [6.07, 6.45) is 2.50. The van der Waals surface area contributed by atoms with Crippen LogP contribution < -0.4 is 4.74 Å². The molecule has 1 aromatic carbocycles. The Morgan fingerprint density at radius 1 is 1.40 bits per heavy atom. The lowest BCUT2D eigenvalue weighted by Crippen LogP contribution is -2.05. The summed E-state index contributed by atoms with van der Waals surface area (Å²) in [5.74, 6) is 0.576. The van der Waals surface area contributed by atoms with Gasteiger partial charge >= 0.3 is 5.97 Å². The van der Waals surface area contributed by atoms with Crippen molar-refractivity contribution in [1.29, 1.82) is 0 Å². The summed E-state index contributed by atoms with van der Waals surface area (Å²) in [4.78, 5) is 10.6. The van der Waals surface area contributed by atoms with Gasteiger partial charge in [-0.1, -0.05) is 18.2 Å². The van der Waals surface area contributed by atoms with Gasteiger partial charge < -0.3 is 9.84 Å². The maximum atomic E-state index is 10.6. The zero-order chi connectivity index (χ0) is 10.7. The van der Waals surface area contributed by atoms with Crippen LogP contribution in [0.4, 0.5) is 0 Å². The molecule has 80 valence electrons. The second-order valence-electron chi connectivity index (χ2n) is 3.93. The largest absolute Gasteiger partial charge is 0.493 e. The van der Waals surface area contributed by atoms with E-state index in [1.807, 2.05) is 18.2 Å². The highest BCUT2D eigenvalue weighted by Crippen LogP contribution is 2.30. The third-order valence-corrected chi connectivity index (χ3v) is 2.49. The van der Waals surface area contributed by atoms with Crippen LogP contribution in [0.5, 0.6) is 5.75 Å². The molecule has 1 saturated carbocycles. The molecule has 3 nitrogen and oxygen atoms in total. The van der Waals surface area contributed by atoms with Crippen molar-refractivity contribution >= 4 is 5.97 Å². The predicted octanol–water partition coefficient (Wildman–Crippen LogP) is 2.10. The van der Waals surface area contributed by atoms with Gasteiger partial charge in [0.25, 0.3) is 0 Å². The average Bonchev–Trinajstić information content (AvgIpc) is 2.99. The van der Waals surface area contributed by atoms with Crippen LogP contribution in [0.1, 0.15) is 18.4 Å². The molecule has 0 aliphatic heterocycles. The first kappa shape index (κ1) is 10.0. The van der Waals surface area contributed by atoms with E-state index in [0.717, 1.165) is 12.2 Å². The second-order valence-corrected chi connectivity index (χ2v) is 3.93. The van der Waals surface area contributed by atoms with Crippen LogP contribution in [0.3, 0.4) is 0 Å². The van der Waals surface area contributed by atoms with E-state index >= 15 is 0 Å². The quantitative estimate of drug-likeness (QED) is 0.802. The van der Waals surface area contributed by atoms with Crippen molar-refractivity contribution in [2.75, 3.05) is 6.61 Å². The third-order valence-electron chi connectivity index (χ3n) is 2.49. The molecule has 2 rings (SSSR count). The number of aliphatic carboxylic acids is 1. The smallest absolute Gasteiger partial charge is 0.307 e. The Bertz CT molecular complexity index is 356. The Hall–Kier alpha value is -1.51. The number of carboxylic acids is 1. The van der Waals surface area contributed by atoms with E-state index in [9.17, 15) is 4.79 Å². The lowest BCUT2D eigenvalue weighted by Gasteiger charge is -2.09. The number of hydrogen-bond acceptors (Lipinski definition) is 2. The fourth-order valence-electron chi connectivity index (χ4n) is 1.45. The molecule has 0 radical (unpaired) electrons. The summed E-state index contributed by atoms with van der Waals surface area (Å²) in [5, 5.41) is 8.73. The van der Waals surface area contributed by atoms with Gasteiger partial charge in [-0.3, -0.25) is 4.79 Å². The molecule has 0 aromatic heterocycles. The van der Waals surface area contributed by atoms with Crippen molar-refractivity contribution in [3.05, 3.63) is 29.8 Å². The summed E-state index contributed by atoms with van der Waals surface area (Å²) in [5.41, 5.74) is 0.755. The molecule has 0 heterocycles. The van der Waals surface area contributed by atoms with Gasteiger partial charge in [0.05, 0.1) is 13.0 Å². The molecule has 0 bridgehead atoms.